The molecule has 0 radical (unpaired) electrons. The van der Waals surface area contributed by atoms with Crippen molar-refractivity contribution in [3.63, 3.8) is 0 Å². The second kappa shape index (κ2) is 13.1. The van der Waals surface area contributed by atoms with Gasteiger partial charge >= 0.3 is 0 Å². The van der Waals surface area contributed by atoms with Crippen molar-refractivity contribution >= 4 is 27.5 Å². The lowest BCUT2D eigenvalue weighted by molar-refractivity contribution is -0.139. The van der Waals surface area contributed by atoms with Crippen molar-refractivity contribution < 1.29 is 22.7 Å². The first-order valence-electron chi connectivity index (χ1n) is 13.2. The number of hydrogen-bond acceptors (Lipinski definition) is 5. The summed E-state index contributed by atoms with van der Waals surface area (Å²) in [4.78, 5) is 27.9. The van der Waals surface area contributed by atoms with Gasteiger partial charge in [-0.2, -0.15) is 0 Å². The van der Waals surface area contributed by atoms with Crippen LogP contribution >= 0.6 is 0 Å². The van der Waals surface area contributed by atoms with Gasteiger partial charge in [-0.05, 0) is 67.9 Å². The maximum absolute atomic E-state index is 13.9. The molecule has 0 aliphatic heterocycles. The molecule has 2 amide bonds. The first-order chi connectivity index (χ1) is 19.7. The minimum absolute atomic E-state index is 0.0434. The molecule has 0 saturated heterocycles. The van der Waals surface area contributed by atoms with E-state index in [0.29, 0.717) is 11.5 Å². The Morgan fingerprint density at radius 2 is 1.37 bits per heavy atom. The Kier molecular flexibility index (Phi) is 9.41. The lowest BCUT2D eigenvalue weighted by Crippen LogP contribution is -2.50. The second-order valence-electron chi connectivity index (χ2n) is 9.53. The molecule has 1 atom stereocenters. The zero-order chi connectivity index (χ0) is 29.4. The Bertz CT molecular complexity index is 1560. The summed E-state index contributed by atoms with van der Waals surface area (Å²) < 4.78 is 34.7. The molecular weight excluding hydrogens is 538 g/mol. The Hall–Kier alpha value is -4.63. The molecule has 4 aromatic rings. The number of para-hydroxylation sites is 1. The molecule has 0 aliphatic carbocycles. The number of benzene rings is 4. The largest absolute Gasteiger partial charge is 0.457 e. The minimum Gasteiger partial charge on any atom is -0.457 e. The summed E-state index contributed by atoms with van der Waals surface area (Å²) in [6.45, 7) is 3.21. The Labute approximate surface area is 241 Å². The van der Waals surface area contributed by atoms with E-state index in [1.807, 2.05) is 61.5 Å². The van der Waals surface area contributed by atoms with Crippen molar-refractivity contribution in [2.24, 2.45) is 0 Å². The monoisotopic (exact) mass is 571 g/mol. The third kappa shape index (κ3) is 7.32. The third-order valence-corrected chi connectivity index (χ3v) is 8.39. The second-order valence-corrected chi connectivity index (χ2v) is 11.4. The van der Waals surface area contributed by atoms with E-state index in [1.165, 1.54) is 24.1 Å². The fourth-order valence-electron chi connectivity index (χ4n) is 4.24. The molecular formula is C32H33N3O5S. The maximum Gasteiger partial charge on any atom is 0.264 e. The number of anilines is 1. The van der Waals surface area contributed by atoms with Crippen LogP contribution in [0.1, 0.15) is 18.1 Å². The smallest absolute Gasteiger partial charge is 0.264 e. The van der Waals surface area contributed by atoms with E-state index in [0.717, 1.165) is 15.4 Å². The number of carbonyl (C=O) groups is 2. The highest BCUT2D eigenvalue weighted by molar-refractivity contribution is 7.92. The molecule has 0 aromatic heterocycles. The fourth-order valence-corrected chi connectivity index (χ4v) is 5.67. The molecule has 212 valence electrons. The highest BCUT2D eigenvalue weighted by Crippen LogP contribution is 2.28. The van der Waals surface area contributed by atoms with Crippen molar-refractivity contribution in [3.05, 3.63) is 120 Å². The highest BCUT2D eigenvalue weighted by atomic mass is 32.2. The molecule has 0 heterocycles. The first kappa shape index (κ1) is 29.4. The normalized spacial score (nSPS) is 11.8. The first-order valence-corrected chi connectivity index (χ1v) is 14.6. The predicted molar refractivity (Wildman–Crippen MR) is 159 cm³/mol. The van der Waals surface area contributed by atoms with Crippen LogP contribution in [0.2, 0.25) is 0 Å². The van der Waals surface area contributed by atoms with Gasteiger partial charge in [-0.3, -0.25) is 13.9 Å². The molecule has 4 aromatic carbocycles. The van der Waals surface area contributed by atoms with E-state index in [9.17, 15) is 18.0 Å². The lowest BCUT2D eigenvalue weighted by Gasteiger charge is -2.31. The summed E-state index contributed by atoms with van der Waals surface area (Å²) in [6, 6.07) is 30.4. The SMILES string of the molecule is CNC(=O)[C@H](C)N(Cc1ccc(C)cc1)C(=O)CN(c1ccc(Oc2ccccc2)cc1)S(=O)(=O)c1ccccc1. The summed E-state index contributed by atoms with van der Waals surface area (Å²) >= 11 is 0. The molecule has 0 aliphatic rings. The van der Waals surface area contributed by atoms with E-state index in [1.54, 1.807) is 49.4 Å². The number of ether oxygens (including phenoxy) is 1. The molecule has 8 nitrogen and oxygen atoms in total. The fraction of sp³-hybridized carbons (Fsp3) is 0.188. The van der Waals surface area contributed by atoms with Crippen LogP contribution in [-0.4, -0.2) is 44.8 Å². The highest BCUT2D eigenvalue weighted by Gasteiger charge is 2.32. The summed E-state index contributed by atoms with van der Waals surface area (Å²) in [5.74, 6) is 0.271. The molecule has 0 fully saturated rings. The van der Waals surface area contributed by atoms with E-state index < -0.39 is 28.5 Å². The van der Waals surface area contributed by atoms with Crippen molar-refractivity contribution in [2.75, 3.05) is 17.9 Å². The number of nitrogens with one attached hydrogen (secondary N) is 1. The third-order valence-electron chi connectivity index (χ3n) is 6.60. The van der Waals surface area contributed by atoms with Crippen molar-refractivity contribution in [1.82, 2.24) is 10.2 Å². The lowest BCUT2D eigenvalue weighted by atomic mass is 10.1. The average Bonchev–Trinajstić information content (AvgIpc) is 3.00. The van der Waals surface area contributed by atoms with Crippen LogP contribution in [-0.2, 0) is 26.2 Å². The molecule has 9 heteroatoms. The molecule has 1 N–H and O–H groups in total. The Balaban J connectivity index is 1.68. The van der Waals surface area contributed by atoms with Crippen LogP contribution in [0.25, 0.3) is 0 Å². The van der Waals surface area contributed by atoms with Crippen molar-refractivity contribution in [3.8, 4) is 11.5 Å². The molecule has 0 unspecified atom stereocenters. The minimum atomic E-state index is -4.14. The van der Waals surface area contributed by atoms with E-state index in [4.69, 9.17) is 4.74 Å². The summed E-state index contributed by atoms with van der Waals surface area (Å²) in [5.41, 5.74) is 2.16. The average molecular weight is 572 g/mol. The van der Waals surface area contributed by atoms with Crippen LogP contribution in [0.3, 0.4) is 0 Å². The predicted octanol–water partition coefficient (Wildman–Crippen LogP) is 5.15. The van der Waals surface area contributed by atoms with Crippen LogP contribution in [0.5, 0.6) is 11.5 Å². The summed E-state index contributed by atoms with van der Waals surface area (Å²) in [5, 5.41) is 2.58. The molecule has 0 saturated carbocycles. The number of likely N-dealkylation sites (N-methyl/N-ethyl adjacent to an activating group) is 1. The number of rotatable bonds is 11. The molecule has 0 spiro atoms. The quantitative estimate of drug-likeness (QED) is 0.269. The summed E-state index contributed by atoms with van der Waals surface area (Å²) in [7, 11) is -2.64. The Morgan fingerprint density at radius 1 is 0.805 bits per heavy atom. The van der Waals surface area contributed by atoms with Crippen LogP contribution in [0.4, 0.5) is 5.69 Å². The van der Waals surface area contributed by atoms with E-state index in [2.05, 4.69) is 5.32 Å². The number of sulfonamides is 1. The summed E-state index contributed by atoms with van der Waals surface area (Å²) in [6.07, 6.45) is 0. The standard InChI is InChI=1S/C32H33N3O5S/c1-24-14-16-26(17-15-24)22-34(25(2)32(37)33-3)31(36)23-35(41(38,39)30-12-8-5-9-13-30)27-18-20-29(21-19-27)40-28-10-6-4-7-11-28/h4-21,25H,22-23H2,1-3H3,(H,33,37)/t25-/m0/s1. The van der Waals surface area contributed by atoms with E-state index >= 15 is 0 Å². The molecule has 0 bridgehead atoms. The number of nitrogens with zero attached hydrogens (tertiary/aromatic N) is 2. The number of carbonyl (C=O) groups excluding carboxylic acids is 2. The molecule has 41 heavy (non-hydrogen) atoms. The zero-order valence-corrected chi connectivity index (χ0v) is 24.0. The van der Waals surface area contributed by atoms with Gasteiger partial charge in [0.1, 0.15) is 24.1 Å². The number of aryl methyl sites for hydroxylation is 1. The Morgan fingerprint density at radius 3 is 1.95 bits per heavy atom. The maximum atomic E-state index is 13.9. The van der Waals surface area contributed by atoms with Gasteiger partial charge in [-0.15, -0.1) is 0 Å². The zero-order valence-electron chi connectivity index (χ0n) is 23.2. The van der Waals surface area contributed by atoms with Gasteiger partial charge in [0.25, 0.3) is 10.0 Å². The van der Waals surface area contributed by atoms with Crippen LogP contribution in [0, 0.1) is 6.92 Å². The topological polar surface area (TPSA) is 96.0 Å². The van der Waals surface area contributed by atoms with Gasteiger partial charge in [0.2, 0.25) is 11.8 Å². The van der Waals surface area contributed by atoms with Gasteiger partial charge in [0.15, 0.2) is 0 Å². The van der Waals surface area contributed by atoms with Crippen LogP contribution < -0.4 is 14.4 Å². The van der Waals surface area contributed by atoms with Gasteiger partial charge < -0.3 is 15.0 Å². The number of hydrogen-bond donors (Lipinski definition) is 1. The molecule has 4 rings (SSSR count). The van der Waals surface area contributed by atoms with E-state index in [-0.39, 0.29) is 23.0 Å². The van der Waals surface area contributed by atoms with Crippen molar-refractivity contribution in [1.29, 1.82) is 0 Å². The number of amides is 2. The van der Waals surface area contributed by atoms with Crippen LogP contribution in [0.15, 0.2) is 114 Å². The van der Waals surface area contributed by atoms with Gasteiger partial charge in [0, 0.05) is 13.6 Å². The van der Waals surface area contributed by atoms with Crippen molar-refractivity contribution in [2.45, 2.75) is 31.3 Å². The van der Waals surface area contributed by atoms with Gasteiger partial charge in [0.05, 0.1) is 10.6 Å². The van der Waals surface area contributed by atoms with Gasteiger partial charge in [-0.25, -0.2) is 8.42 Å². The van der Waals surface area contributed by atoms with Gasteiger partial charge in [-0.1, -0.05) is 66.2 Å².